The summed E-state index contributed by atoms with van der Waals surface area (Å²) in [6, 6.07) is 10.7. The van der Waals surface area contributed by atoms with E-state index in [4.69, 9.17) is 16.3 Å². The van der Waals surface area contributed by atoms with Crippen LogP contribution in [0, 0.1) is 0 Å². The third kappa shape index (κ3) is 2.27. The maximum atomic E-state index is 6.68. The van der Waals surface area contributed by atoms with Crippen LogP contribution in [0.5, 0.6) is 0 Å². The van der Waals surface area contributed by atoms with Crippen molar-refractivity contribution in [1.29, 1.82) is 0 Å². The van der Waals surface area contributed by atoms with Crippen LogP contribution < -0.4 is 4.90 Å². The summed E-state index contributed by atoms with van der Waals surface area (Å²) in [6.07, 6.45) is 4.80. The molecule has 4 heterocycles. The summed E-state index contributed by atoms with van der Waals surface area (Å²) in [5.41, 5.74) is 4.34. The predicted octanol–water partition coefficient (Wildman–Crippen LogP) is 3.97. The molecule has 0 amide bonds. The second-order valence-electron chi connectivity index (χ2n) is 7.11. The number of benzene rings is 1. The van der Waals surface area contributed by atoms with Gasteiger partial charge in [-0.05, 0) is 30.0 Å². The Hall–Kier alpha value is -2.11. The van der Waals surface area contributed by atoms with Crippen molar-refractivity contribution in [3.63, 3.8) is 0 Å². The number of nitrogens with zero attached hydrogens (tertiary/aromatic N) is 4. The normalized spacial score (nSPS) is 18.6. The van der Waals surface area contributed by atoms with Crippen LogP contribution in [0.1, 0.15) is 36.7 Å². The van der Waals surface area contributed by atoms with Gasteiger partial charge >= 0.3 is 0 Å². The molecule has 0 saturated carbocycles. The second kappa shape index (κ2) is 5.96. The molecule has 1 spiro atoms. The van der Waals surface area contributed by atoms with Crippen LogP contribution in [0.25, 0.3) is 5.65 Å². The molecule has 0 atom stereocenters. The number of rotatable bonds is 2. The molecule has 0 N–H and O–H groups in total. The summed E-state index contributed by atoms with van der Waals surface area (Å²) in [5, 5.41) is 9.19. The number of anilines is 1. The molecule has 0 radical (unpaired) electrons. The Morgan fingerprint density at radius 1 is 1.15 bits per heavy atom. The summed E-state index contributed by atoms with van der Waals surface area (Å²) in [7, 11) is 0. The number of fused-ring (bicyclic) bond motifs is 3. The minimum absolute atomic E-state index is 0.131. The molecule has 5 nitrogen and oxygen atoms in total. The van der Waals surface area contributed by atoms with Crippen molar-refractivity contribution in [2.45, 2.75) is 38.4 Å². The Labute approximate surface area is 157 Å². The number of hydrogen-bond acceptors (Lipinski definition) is 4. The molecule has 1 aromatic carbocycles. The van der Waals surface area contributed by atoms with E-state index in [9.17, 15) is 0 Å². The summed E-state index contributed by atoms with van der Waals surface area (Å²) in [6.45, 7) is 4.63. The minimum atomic E-state index is -0.131. The van der Waals surface area contributed by atoms with Crippen molar-refractivity contribution >= 4 is 22.9 Å². The maximum absolute atomic E-state index is 6.68. The number of ether oxygens (including phenoxy) is 1. The van der Waals surface area contributed by atoms with Gasteiger partial charge in [0.2, 0.25) is 0 Å². The van der Waals surface area contributed by atoms with Crippen molar-refractivity contribution in [3.8, 4) is 0 Å². The quantitative estimate of drug-likeness (QED) is 0.686. The number of pyridine rings is 1. The number of hydrogen-bond donors (Lipinski definition) is 0. The van der Waals surface area contributed by atoms with E-state index in [1.165, 1.54) is 11.1 Å². The summed E-state index contributed by atoms with van der Waals surface area (Å²) < 4.78 is 8.25. The highest BCUT2D eigenvalue weighted by molar-refractivity contribution is 6.36. The van der Waals surface area contributed by atoms with Crippen LogP contribution in [0.4, 0.5) is 5.69 Å². The second-order valence-corrected chi connectivity index (χ2v) is 7.48. The SMILES string of the molecule is CCc1nnc2c(Cl)c(N3CCC4(CC3)OCc3ccccc34)ccn12. The van der Waals surface area contributed by atoms with Crippen LogP contribution in [0.3, 0.4) is 0 Å². The van der Waals surface area contributed by atoms with Gasteiger partial charge in [0.25, 0.3) is 0 Å². The van der Waals surface area contributed by atoms with Gasteiger partial charge in [-0.15, -0.1) is 10.2 Å². The number of halogens is 1. The average molecular weight is 369 g/mol. The van der Waals surface area contributed by atoms with E-state index in [-0.39, 0.29) is 5.60 Å². The molecule has 0 aliphatic carbocycles. The smallest absolute Gasteiger partial charge is 0.181 e. The summed E-state index contributed by atoms with van der Waals surface area (Å²) in [4.78, 5) is 2.35. The first kappa shape index (κ1) is 16.1. The zero-order chi connectivity index (χ0) is 17.7. The third-order valence-corrected chi connectivity index (χ3v) is 6.17. The molecule has 2 aliphatic heterocycles. The number of aryl methyl sites for hydroxylation is 1. The monoisotopic (exact) mass is 368 g/mol. The highest BCUT2D eigenvalue weighted by atomic mass is 35.5. The predicted molar refractivity (Wildman–Crippen MR) is 102 cm³/mol. The molecule has 5 rings (SSSR count). The van der Waals surface area contributed by atoms with Gasteiger partial charge in [0.05, 0.1) is 17.9 Å². The minimum Gasteiger partial charge on any atom is -0.370 e. The number of aromatic nitrogens is 3. The van der Waals surface area contributed by atoms with Gasteiger partial charge in [-0.25, -0.2) is 0 Å². The molecule has 1 fully saturated rings. The first-order chi connectivity index (χ1) is 12.7. The van der Waals surface area contributed by atoms with E-state index >= 15 is 0 Å². The fourth-order valence-corrected chi connectivity index (χ4v) is 4.67. The highest BCUT2D eigenvalue weighted by Crippen LogP contribution is 2.45. The first-order valence-corrected chi connectivity index (χ1v) is 9.59. The first-order valence-electron chi connectivity index (χ1n) is 9.21. The van der Waals surface area contributed by atoms with Gasteiger partial charge in [-0.1, -0.05) is 42.8 Å². The van der Waals surface area contributed by atoms with Gasteiger partial charge in [-0.2, -0.15) is 0 Å². The van der Waals surface area contributed by atoms with Crippen molar-refractivity contribution in [2.75, 3.05) is 18.0 Å². The van der Waals surface area contributed by atoms with Gasteiger partial charge in [0.1, 0.15) is 10.8 Å². The van der Waals surface area contributed by atoms with E-state index in [1.807, 2.05) is 10.6 Å². The zero-order valence-corrected chi connectivity index (χ0v) is 15.5. The lowest BCUT2D eigenvalue weighted by molar-refractivity contribution is -0.0551. The van der Waals surface area contributed by atoms with Crippen molar-refractivity contribution in [2.24, 2.45) is 0 Å². The largest absolute Gasteiger partial charge is 0.370 e. The topological polar surface area (TPSA) is 42.7 Å². The Morgan fingerprint density at radius 2 is 1.96 bits per heavy atom. The highest BCUT2D eigenvalue weighted by Gasteiger charge is 2.42. The van der Waals surface area contributed by atoms with E-state index in [0.29, 0.717) is 5.02 Å². The molecule has 0 unspecified atom stereocenters. The Bertz CT molecular complexity index is 975. The van der Waals surface area contributed by atoms with E-state index in [0.717, 1.165) is 56.1 Å². The maximum Gasteiger partial charge on any atom is 0.181 e. The molecule has 0 bridgehead atoms. The molecule has 6 heteroatoms. The Morgan fingerprint density at radius 3 is 2.77 bits per heavy atom. The molecule has 2 aromatic heterocycles. The van der Waals surface area contributed by atoms with Crippen molar-refractivity contribution in [3.05, 3.63) is 58.5 Å². The lowest BCUT2D eigenvalue weighted by atomic mass is 9.83. The van der Waals surface area contributed by atoms with Gasteiger partial charge < -0.3 is 9.64 Å². The standard InChI is InChI=1S/C20H21ClN4O/c1-2-17-22-23-19-18(21)16(7-10-25(17)19)24-11-8-20(9-12-24)15-6-4-3-5-14(15)13-26-20/h3-7,10H,2,8-9,11-13H2,1H3. The summed E-state index contributed by atoms with van der Waals surface area (Å²) >= 11 is 6.68. The summed E-state index contributed by atoms with van der Waals surface area (Å²) in [5.74, 6) is 0.932. The lowest BCUT2D eigenvalue weighted by Crippen LogP contribution is -2.42. The molecule has 3 aromatic rings. The molecule has 2 aliphatic rings. The van der Waals surface area contributed by atoms with Crippen LogP contribution >= 0.6 is 11.6 Å². The molecular formula is C20H21ClN4O. The molecular weight excluding hydrogens is 348 g/mol. The van der Waals surface area contributed by atoms with Crippen molar-refractivity contribution in [1.82, 2.24) is 14.6 Å². The van der Waals surface area contributed by atoms with Crippen LogP contribution in [0.2, 0.25) is 5.02 Å². The van der Waals surface area contributed by atoms with Gasteiger partial charge in [0.15, 0.2) is 5.65 Å². The van der Waals surface area contributed by atoms with Crippen LogP contribution in [-0.4, -0.2) is 27.7 Å². The molecule has 134 valence electrons. The van der Waals surface area contributed by atoms with Crippen molar-refractivity contribution < 1.29 is 4.74 Å². The lowest BCUT2D eigenvalue weighted by Gasteiger charge is -2.40. The Kier molecular flexibility index (Phi) is 3.69. The van der Waals surface area contributed by atoms with Gasteiger partial charge in [0, 0.05) is 25.7 Å². The van der Waals surface area contributed by atoms with Gasteiger partial charge in [-0.3, -0.25) is 4.40 Å². The fraction of sp³-hybridized carbons (Fsp3) is 0.400. The number of piperidine rings is 1. The van der Waals surface area contributed by atoms with E-state index < -0.39 is 0 Å². The average Bonchev–Trinajstić information content (AvgIpc) is 3.26. The molecule has 1 saturated heterocycles. The fourth-order valence-electron chi connectivity index (χ4n) is 4.35. The third-order valence-electron chi connectivity index (χ3n) is 5.81. The zero-order valence-electron chi connectivity index (χ0n) is 14.8. The van der Waals surface area contributed by atoms with Crippen LogP contribution in [-0.2, 0) is 23.4 Å². The Balaban J connectivity index is 1.43. The molecule has 26 heavy (non-hydrogen) atoms. The van der Waals surface area contributed by atoms with Crippen LogP contribution in [0.15, 0.2) is 36.5 Å². The van der Waals surface area contributed by atoms with E-state index in [1.54, 1.807) is 0 Å². The van der Waals surface area contributed by atoms with E-state index in [2.05, 4.69) is 52.4 Å².